The summed E-state index contributed by atoms with van der Waals surface area (Å²) < 4.78 is 0. The van der Waals surface area contributed by atoms with Crippen LogP contribution in [0.1, 0.15) is 63.5 Å². The minimum atomic E-state index is 0.745. The molecule has 0 aromatic heterocycles. The van der Waals surface area contributed by atoms with E-state index in [0.717, 1.165) is 30.2 Å². The van der Waals surface area contributed by atoms with Crippen LogP contribution in [0.15, 0.2) is 24.3 Å². The molecule has 1 aromatic rings. The Morgan fingerprint density at radius 1 is 1.14 bits per heavy atom. The van der Waals surface area contributed by atoms with Gasteiger partial charge in [-0.05, 0) is 62.1 Å². The topological polar surface area (TPSA) is 12.0 Å². The molecule has 2 rings (SSSR count). The number of hydrogen-bond donors (Lipinski definition) is 1. The van der Waals surface area contributed by atoms with Crippen molar-refractivity contribution in [2.24, 2.45) is 17.8 Å². The highest BCUT2D eigenvalue weighted by Gasteiger charge is 2.30. The van der Waals surface area contributed by atoms with E-state index in [1.165, 1.54) is 37.8 Å². The van der Waals surface area contributed by atoms with E-state index in [-0.39, 0.29) is 0 Å². The Balaban J connectivity index is 2.04. The van der Waals surface area contributed by atoms with E-state index in [9.17, 15) is 0 Å². The molecule has 0 bridgehead atoms. The van der Waals surface area contributed by atoms with Gasteiger partial charge in [0.1, 0.15) is 0 Å². The van der Waals surface area contributed by atoms with E-state index in [1.807, 2.05) is 0 Å². The van der Waals surface area contributed by atoms with Crippen LogP contribution in [-0.2, 0) is 0 Å². The molecule has 0 saturated heterocycles. The summed E-state index contributed by atoms with van der Waals surface area (Å²) >= 11 is 0. The fraction of sp³-hybridized carbons (Fsp3) is 0.700. The van der Waals surface area contributed by atoms with Gasteiger partial charge >= 0.3 is 0 Å². The van der Waals surface area contributed by atoms with Crippen molar-refractivity contribution in [3.8, 4) is 0 Å². The zero-order chi connectivity index (χ0) is 15.2. The molecule has 1 N–H and O–H groups in total. The third-order valence-electron chi connectivity index (χ3n) is 5.14. The van der Waals surface area contributed by atoms with Crippen molar-refractivity contribution in [1.82, 2.24) is 5.32 Å². The van der Waals surface area contributed by atoms with Crippen molar-refractivity contribution in [3.05, 3.63) is 35.4 Å². The molecule has 3 atom stereocenters. The van der Waals surface area contributed by atoms with E-state index in [4.69, 9.17) is 0 Å². The van der Waals surface area contributed by atoms with Crippen molar-refractivity contribution in [3.63, 3.8) is 0 Å². The fourth-order valence-corrected chi connectivity index (χ4v) is 3.71. The maximum Gasteiger partial charge on any atom is -0.00146 e. The average Bonchev–Trinajstić information content (AvgIpc) is 2.48. The van der Waals surface area contributed by atoms with Gasteiger partial charge in [0.15, 0.2) is 0 Å². The van der Waals surface area contributed by atoms with Gasteiger partial charge in [0.2, 0.25) is 0 Å². The molecule has 1 heteroatoms. The van der Waals surface area contributed by atoms with Crippen LogP contribution < -0.4 is 5.32 Å². The van der Waals surface area contributed by atoms with Crippen LogP contribution in [0.3, 0.4) is 0 Å². The zero-order valence-electron chi connectivity index (χ0n) is 14.4. The highest BCUT2D eigenvalue weighted by molar-refractivity contribution is 5.25. The summed E-state index contributed by atoms with van der Waals surface area (Å²) in [6.45, 7) is 11.5. The largest absolute Gasteiger partial charge is 0.316 e. The second kappa shape index (κ2) is 7.98. The molecule has 0 radical (unpaired) electrons. The zero-order valence-corrected chi connectivity index (χ0v) is 14.4. The molecule has 1 saturated carbocycles. The van der Waals surface area contributed by atoms with E-state index < -0.39 is 0 Å². The normalized spacial score (nSPS) is 26.2. The lowest BCUT2D eigenvalue weighted by molar-refractivity contribution is 0.224. The number of aryl methyl sites for hydroxylation is 1. The summed E-state index contributed by atoms with van der Waals surface area (Å²) in [5.41, 5.74) is 2.94. The van der Waals surface area contributed by atoms with Crippen molar-refractivity contribution >= 4 is 0 Å². The molecule has 3 unspecified atom stereocenters. The standard InChI is InChI=1S/C20H33N/c1-5-17-8-11-19(14-21-13-15(2)3)20(12-17)18-9-6-16(4)7-10-18/h6-7,9-10,15,17,19-21H,5,8,11-14H2,1-4H3. The van der Waals surface area contributed by atoms with Crippen LogP contribution in [0.25, 0.3) is 0 Å². The highest BCUT2D eigenvalue weighted by atomic mass is 14.9. The molecule has 118 valence electrons. The lowest BCUT2D eigenvalue weighted by atomic mass is 9.70. The Kier molecular flexibility index (Phi) is 6.29. The smallest absolute Gasteiger partial charge is 0.00146 e. The Bertz CT molecular complexity index is 406. The van der Waals surface area contributed by atoms with Crippen LogP contribution in [0, 0.1) is 24.7 Å². The minimum absolute atomic E-state index is 0.745. The number of nitrogens with one attached hydrogen (secondary N) is 1. The molecular formula is C20H33N. The second-order valence-electron chi connectivity index (χ2n) is 7.42. The predicted molar refractivity (Wildman–Crippen MR) is 92.7 cm³/mol. The van der Waals surface area contributed by atoms with Crippen molar-refractivity contribution in [2.45, 2.75) is 59.3 Å². The lowest BCUT2D eigenvalue weighted by Crippen LogP contribution is -2.33. The first-order valence-electron chi connectivity index (χ1n) is 8.87. The second-order valence-corrected chi connectivity index (χ2v) is 7.42. The molecule has 1 aliphatic carbocycles. The van der Waals surface area contributed by atoms with E-state index in [2.05, 4.69) is 57.3 Å². The Hall–Kier alpha value is -0.820. The molecule has 0 heterocycles. The van der Waals surface area contributed by atoms with Gasteiger partial charge < -0.3 is 5.32 Å². The SMILES string of the molecule is CCC1CCC(CNCC(C)C)C(c2ccc(C)cc2)C1. The van der Waals surface area contributed by atoms with Gasteiger partial charge in [-0.25, -0.2) is 0 Å². The summed E-state index contributed by atoms with van der Waals surface area (Å²) in [5, 5.41) is 3.70. The van der Waals surface area contributed by atoms with E-state index in [0.29, 0.717) is 0 Å². The third kappa shape index (κ3) is 4.85. The Morgan fingerprint density at radius 3 is 2.48 bits per heavy atom. The summed E-state index contributed by atoms with van der Waals surface area (Å²) in [5.74, 6) is 3.24. The molecule has 1 fully saturated rings. The van der Waals surface area contributed by atoms with Crippen LogP contribution in [0.2, 0.25) is 0 Å². The van der Waals surface area contributed by atoms with Crippen LogP contribution in [0.5, 0.6) is 0 Å². The molecule has 0 spiro atoms. The number of hydrogen-bond acceptors (Lipinski definition) is 1. The van der Waals surface area contributed by atoms with Gasteiger partial charge in [0, 0.05) is 0 Å². The van der Waals surface area contributed by atoms with Crippen molar-refractivity contribution in [1.29, 1.82) is 0 Å². The quantitative estimate of drug-likeness (QED) is 0.763. The molecule has 0 aliphatic heterocycles. The molecular weight excluding hydrogens is 254 g/mol. The summed E-state index contributed by atoms with van der Waals surface area (Å²) in [7, 11) is 0. The van der Waals surface area contributed by atoms with Gasteiger partial charge in [-0.3, -0.25) is 0 Å². The summed E-state index contributed by atoms with van der Waals surface area (Å²) in [4.78, 5) is 0. The van der Waals surface area contributed by atoms with Gasteiger partial charge in [-0.2, -0.15) is 0 Å². The average molecular weight is 287 g/mol. The predicted octanol–water partition coefficient (Wildman–Crippen LogP) is 5.15. The summed E-state index contributed by atoms with van der Waals surface area (Å²) in [6, 6.07) is 9.30. The molecule has 21 heavy (non-hydrogen) atoms. The first-order valence-corrected chi connectivity index (χ1v) is 8.87. The number of rotatable bonds is 6. The first-order chi connectivity index (χ1) is 10.1. The fourth-order valence-electron chi connectivity index (χ4n) is 3.71. The lowest BCUT2D eigenvalue weighted by Gasteiger charge is -2.37. The Labute approximate surface area is 131 Å². The third-order valence-corrected chi connectivity index (χ3v) is 5.14. The van der Waals surface area contributed by atoms with Crippen LogP contribution in [0.4, 0.5) is 0 Å². The number of benzene rings is 1. The minimum Gasteiger partial charge on any atom is -0.316 e. The highest BCUT2D eigenvalue weighted by Crippen LogP contribution is 2.41. The summed E-state index contributed by atoms with van der Waals surface area (Å²) in [6.07, 6.45) is 5.54. The molecule has 1 nitrogen and oxygen atoms in total. The molecule has 0 amide bonds. The van der Waals surface area contributed by atoms with Crippen LogP contribution in [-0.4, -0.2) is 13.1 Å². The van der Waals surface area contributed by atoms with E-state index >= 15 is 0 Å². The van der Waals surface area contributed by atoms with E-state index in [1.54, 1.807) is 5.56 Å². The maximum atomic E-state index is 3.70. The molecule has 1 aromatic carbocycles. The van der Waals surface area contributed by atoms with Gasteiger partial charge in [0.05, 0.1) is 0 Å². The van der Waals surface area contributed by atoms with Gasteiger partial charge in [0.25, 0.3) is 0 Å². The first kappa shape index (κ1) is 16.5. The molecule has 1 aliphatic rings. The van der Waals surface area contributed by atoms with Gasteiger partial charge in [-0.15, -0.1) is 0 Å². The monoisotopic (exact) mass is 287 g/mol. The van der Waals surface area contributed by atoms with Crippen molar-refractivity contribution in [2.75, 3.05) is 13.1 Å². The Morgan fingerprint density at radius 2 is 1.86 bits per heavy atom. The maximum absolute atomic E-state index is 3.70. The van der Waals surface area contributed by atoms with Gasteiger partial charge in [-0.1, -0.05) is 63.4 Å². The van der Waals surface area contributed by atoms with Crippen LogP contribution >= 0.6 is 0 Å². The van der Waals surface area contributed by atoms with Crippen molar-refractivity contribution < 1.29 is 0 Å².